The van der Waals surface area contributed by atoms with Crippen LogP contribution in [0, 0.1) is 5.41 Å². The van der Waals surface area contributed by atoms with Gasteiger partial charge in [-0.05, 0) is 29.5 Å². The first-order valence-electron chi connectivity index (χ1n) is 6.58. The normalized spacial score (nSPS) is 11.7. The molecule has 0 heterocycles. The molecule has 0 aliphatic rings. The Morgan fingerprint density at radius 3 is 2.07 bits per heavy atom. The molecule has 0 amide bonds. The molecule has 0 N–H and O–H groups in total. The lowest BCUT2D eigenvalue weighted by Crippen LogP contribution is -2.22. The molecule has 0 spiro atoms. The van der Waals surface area contributed by atoms with Gasteiger partial charge in [-0.3, -0.25) is 0 Å². The van der Waals surface area contributed by atoms with Gasteiger partial charge in [-0.1, -0.05) is 72.0 Å². The van der Waals surface area contributed by atoms with Crippen LogP contribution < -0.4 is 0 Å². The lowest BCUT2D eigenvalue weighted by Gasteiger charge is -2.26. The van der Waals surface area contributed by atoms with E-state index in [-0.39, 0.29) is 5.41 Å². The van der Waals surface area contributed by atoms with Crippen LogP contribution in [-0.4, -0.2) is 4.86 Å². The average Bonchev–Trinajstić information content (AvgIpc) is 2.21. The number of rotatable bonds is 9. The molecule has 0 aromatic rings. The van der Waals surface area contributed by atoms with Crippen molar-refractivity contribution in [2.75, 3.05) is 0 Å². The lowest BCUT2D eigenvalue weighted by atomic mass is 9.81. The molecular weight excluding hydrogens is 200 g/mol. The highest BCUT2D eigenvalue weighted by molar-refractivity contribution is 7.80. The summed E-state index contributed by atoms with van der Waals surface area (Å²) in [5.74, 6) is 0. The first kappa shape index (κ1) is 15.1. The van der Waals surface area contributed by atoms with Crippen molar-refractivity contribution in [2.24, 2.45) is 5.41 Å². The van der Waals surface area contributed by atoms with Crippen LogP contribution in [-0.2, 0) is 0 Å². The van der Waals surface area contributed by atoms with E-state index >= 15 is 0 Å². The number of unbranched alkanes of at least 4 members (excludes halogenated alkanes) is 4. The van der Waals surface area contributed by atoms with Gasteiger partial charge in [0.25, 0.3) is 0 Å². The molecule has 0 saturated heterocycles. The second kappa shape index (κ2) is 8.27. The zero-order valence-electron chi connectivity index (χ0n) is 11.1. The minimum absolute atomic E-state index is 0.290. The highest BCUT2D eigenvalue weighted by Crippen LogP contribution is 2.28. The maximum atomic E-state index is 5.53. The summed E-state index contributed by atoms with van der Waals surface area (Å²) >= 11 is 5.53. The standard InChI is InChI=1S/C14H28S/c1-5-7-9-10-12-14(3,4)13(15)11-8-6-2/h5-12H2,1-4H3. The lowest BCUT2D eigenvalue weighted by molar-refractivity contribution is 0.439. The average molecular weight is 228 g/mol. The molecule has 0 radical (unpaired) electrons. The van der Waals surface area contributed by atoms with Crippen molar-refractivity contribution in [1.82, 2.24) is 0 Å². The van der Waals surface area contributed by atoms with Crippen LogP contribution in [0.1, 0.15) is 79.1 Å². The van der Waals surface area contributed by atoms with Gasteiger partial charge in [0.05, 0.1) is 0 Å². The third kappa shape index (κ3) is 7.05. The fourth-order valence-electron chi connectivity index (χ4n) is 1.81. The highest BCUT2D eigenvalue weighted by atomic mass is 32.1. The second-order valence-electron chi connectivity index (χ2n) is 5.22. The van der Waals surface area contributed by atoms with Crippen molar-refractivity contribution >= 4 is 17.1 Å². The van der Waals surface area contributed by atoms with Gasteiger partial charge in [0.1, 0.15) is 0 Å². The first-order valence-corrected chi connectivity index (χ1v) is 6.98. The number of thiocarbonyl (C=S) groups is 1. The summed E-state index contributed by atoms with van der Waals surface area (Å²) in [5, 5.41) is 0. The maximum Gasteiger partial charge on any atom is -0.00153 e. The van der Waals surface area contributed by atoms with E-state index in [0.29, 0.717) is 0 Å². The topological polar surface area (TPSA) is 0 Å². The quantitative estimate of drug-likeness (QED) is 0.368. The van der Waals surface area contributed by atoms with Gasteiger partial charge in [0, 0.05) is 0 Å². The van der Waals surface area contributed by atoms with Crippen molar-refractivity contribution in [3.05, 3.63) is 0 Å². The Balaban J connectivity index is 3.78. The van der Waals surface area contributed by atoms with Crippen LogP contribution in [0.4, 0.5) is 0 Å². The predicted molar refractivity (Wildman–Crippen MR) is 74.7 cm³/mol. The molecule has 90 valence electrons. The summed E-state index contributed by atoms with van der Waals surface area (Å²) in [4.78, 5) is 1.29. The molecular formula is C14H28S. The van der Waals surface area contributed by atoms with E-state index in [1.807, 2.05) is 0 Å². The fourth-order valence-corrected chi connectivity index (χ4v) is 2.06. The monoisotopic (exact) mass is 228 g/mol. The largest absolute Gasteiger partial charge is 0.0891 e. The van der Waals surface area contributed by atoms with Gasteiger partial charge in [0.15, 0.2) is 0 Å². The van der Waals surface area contributed by atoms with E-state index in [9.17, 15) is 0 Å². The van der Waals surface area contributed by atoms with E-state index < -0.39 is 0 Å². The van der Waals surface area contributed by atoms with Crippen LogP contribution in [0.25, 0.3) is 0 Å². The van der Waals surface area contributed by atoms with Crippen LogP contribution in [0.3, 0.4) is 0 Å². The minimum atomic E-state index is 0.290. The van der Waals surface area contributed by atoms with Crippen LogP contribution >= 0.6 is 12.2 Å². The van der Waals surface area contributed by atoms with Crippen LogP contribution in [0.2, 0.25) is 0 Å². The van der Waals surface area contributed by atoms with Crippen molar-refractivity contribution in [3.63, 3.8) is 0 Å². The smallest absolute Gasteiger partial charge is 0.00153 e. The summed E-state index contributed by atoms with van der Waals surface area (Å²) < 4.78 is 0. The Morgan fingerprint density at radius 2 is 1.53 bits per heavy atom. The van der Waals surface area contributed by atoms with Gasteiger partial charge in [-0.25, -0.2) is 0 Å². The summed E-state index contributed by atoms with van der Waals surface area (Å²) in [6.45, 7) is 9.13. The molecule has 0 aromatic carbocycles. The molecule has 0 aliphatic heterocycles. The van der Waals surface area contributed by atoms with Gasteiger partial charge in [-0.2, -0.15) is 0 Å². The molecule has 0 unspecified atom stereocenters. The molecule has 0 atom stereocenters. The SMILES string of the molecule is CCCCCCC(C)(C)C(=S)CCCC. The first-order chi connectivity index (χ1) is 7.04. The molecule has 0 bridgehead atoms. The van der Waals surface area contributed by atoms with Crippen LogP contribution in [0.15, 0.2) is 0 Å². The third-order valence-electron chi connectivity index (χ3n) is 3.17. The minimum Gasteiger partial charge on any atom is -0.0891 e. The Labute approximate surface area is 102 Å². The molecule has 0 aliphatic carbocycles. The van der Waals surface area contributed by atoms with Crippen LogP contribution in [0.5, 0.6) is 0 Å². The van der Waals surface area contributed by atoms with Crippen molar-refractivity contribution in [3.8, 4) is 0 Å². The third-order valence-corrected chi connectivity index (χ3v) is 3.92. The van der Waals surface area contributed by atoms with Gasteiger partial charge in [-0.15, -0.1) is 0 Å². The van der Waals surface area contributed by atoms with E-state index in [1.165, 1.54) is 49.8 Å². The van der Waals surface area contributed by atoms with Crippen molar-refractivity contribution < 1.29 is 0 Å². The molecule has 0 rings (SSSR count). The zero-order valence-corrected chi connectivity index (χ0v) is 11.9. The highest BCUT2D eigenvalue weighted by Gasteiger charge is 2.21. The summed E-state index contributed by atoms with van der Waals surface area (Å²) in [6, 6.07) is 0. The maximum absolute atomic E-state index is 5.53. The molecule has 1 heteroatoms. The second-order valence-corrected chi connectivity index (χ2v) is 5.71. The summed E-state index contributed by atoms with van der Waals surface area (Å²) in [5.41, 5.74) is 0.290. The molecule has 0 nitrogen and oxygen atoms in total. The Bertz CT molecular complexity index is 170. The predicted octanol–water partition coefficient (Wildman–Crippen LogP) is 5.54. The molecule has 0 aromatic heterocycles. The van der Waals surface area contributed by atoms with E-state index in [1.54, 1.807) is 0 Å². The molecule has 0 saturated carbocycles. The van der Waals surface area contributed by atoms with Gasteiger partial charge >= 0.3 is 0 Å². The Kier molecular flexibility index (Phi) is 8.32. The Hall–Kier alpha value is 0.0900. The number of hydrogen-bond donors (Lipinski definition) is 0. The summed E-state index contributed by atoms with van der Waals surface area (Å²) in [6.07, 6.45) is 10.3. The summed E-state index contributed by atoms with van der Waals surface area (Å²) in [7, 11) is 0. The Morgan fingerprint density at radius 1 is 0.933 bits per heavy atom. The van der Waals surface area contributed by atoms with Gasteiger partial charge < -0.3 is 0 Å². The van der Waals surface area contributed by atoms with Crippen molar-refractivity contribution in [1.29, 1.82) is 0 Å². The van der Waals surface area contributed by atoms with Crippen molar-refractivity contribution in [2.45, 2.75) is 79.1 Å². The number of hydrogen-bond acceptors (Lipinski definition) is 1. The zero-order chi connectivity index (χ0) is 11.7. The van der Waals surface area contributed by atoms with Gasteiger partial charge in [0.2, 0.25) is 0 Å². The molecule has 15 heavy (non-hydrogen) atoms. The molecule has 0 fully saturated rings. The van der Waals surface area contributed by atoms with E-state index in [4.69, 9.17) is 12.2 Å². The fraction of sp³-hybridized carbons (Fsp3) is 0.929. The van der Waals surface area contributed by atoms with E-state index in [0.717, 1.165) is 6.42 Å². The van der Waals surface area contributed by atoms with E-state index in [2.05, 4.69) is 27.7 Å².